The van der Waals surface area contributed by atoms with Crippen molar-refractivity contribution in [1.82, 2.24) is 30.1 Å². The van der Waals surface area contributed by atoms with Crippen molar-refractivity contribution in [2.45, 2.75) is 90.1 Å². The average Bonchev–Trinajstić information content (AvgIpc) is 3.57. The maximum absolute atomic E-state index is 13.2. The van der Waals surface area contributed by atoms with Crippen LogP contribution in [0.5, 0.6) is 5.75 Å². The summed E-state index contributed by atoms with van der Waals surface area (Å²) in [7, 11) is 1.66. The van der Waals surface area contributed by atoms with Gasteiger partial charge in [0.15, 0.2) is 5.82 Å². The Hall–Kier alpha value is -2.78. The fourth-order valence-corrected chi connectivity index (χ4v) is 5.90. The lowest BCUT2D eigenvalue weighted by molar-refractivity contribution is 0.0553. The molecule has 2 atom stereocenters. The van der Waals surface area contributed by atoms with Gasteiger partial charge in [0.2, 0.25) is 0 Å². The number of aromatic amines is 1. The van der Waals surface area contributed by atoms with Crippen molar-refractivity contribution < 1.29 is 9.47 Å². The Morgan fingerprint density at radius 2 is 2.00 bits per heavy atom. The molecule has 1 aromatic carbocycles. The largest absolute Gasteiger partial charge is 0.497 e. The summed E-state index contributed by atoms with van der Waals surface area (Å²) in [6.07, 6.45) is 8.19. The zero-order valence-corrected chi connectivity index (χ0v) is 21.7. The quantitative estimate of drug-likeness (QED) is 0.475. The van der Waals surface area contributed by atoms with E-state index >= 15 is 0 Å². The number of rotatable bonds is 9. The number of fused-ring (bicyclic) bond motifs is 1. The van der Waals surface area contributed by atoms with Crippen LogP contribution in [0.1, 0.15) is 76.2 Å². The summed E-state index contributed by atoms with van der Waals surface area (Å²) < 4.78 is 13.2. The van der Waals surface area contributed by atoms with E-state index in [-0.39, 0.29) is 23.6 Å². The van der Waals surface area contributed by atoms with E-state index in [1.165, 1.54) is 19.3 Å². The number of tetrazole rings is 1. The molecule has 36 heavy (non-hydrogen) atoms. The van der Waals surface area contributed by atoms with Gasteiger partial charge in [-0.3, -0.25) is 9.69 Å². The topological polar surface area (TPSA) is 98.2 Å². The molecule has 3 aromatic rings. The minimum absolute atomic E-state index is 0.00934. The SMILES string of the molecule is COc1ccc2[nH]c(=O)c(CN(C3CCCCC3)C(c3nnnn3CC3CCCO3)C(C)C)cc2c1. The Balaban J connectivity index is 1.52. The maximum Gasteiger partial charge on any atom is 0.252 e. The third kappa shape index (κ3) is 5.32. The van der Waals surface area contributed by atoms with E-state index in [0.717, 1.165) is 60.3 Å². The summed E-state index contributed by atoms with van der Waals surface area (Å²) in [5, 5.41) is 13.9. The molecule has 9 nitrogen and oxygen atoms in total. The third-order valence-electron chi connectivity index (χ3n) is 7.74. The molecule has 1 aliphatic carbocycles. The number of hydrogen-bond donors (Lipinski definition) is 1. The molecule has 1 aliphatic heterocycles. The van der Waals surface area contributed by atoms with Crippen LogP contribution in [-0.4, -0.2) is 56.0 Å². The van der Waals surface area contributed by atoms with Gasteiger partial charge in [-0.15, -0.1) is 5.10 Å². The first-order valence-corrected chi connectivity index (χ1v) is 13.4. The molecule has 0 spiro atoms. The minimum Gasteiger partial charge on any atom is -0.497 e. The van der Waals surface area contributed by atoms with Crippen LogP contribution in [0.3, 0.4) is 0 Å². The number of pyridine rings is 1. The van der Waals surface area contributed by atoms with Gasteiger partial charge in [-0.1, -0.05) is 33.1 Å². The Kier molecular flexibility index (Phi) is 7.67. The normalized spacial score (nSPS) is 20.0. The van der Waals surface area contributed by atoms with E-state index in [1.807, 2.05) is 28.9 Å². The first-order chi connectivity index (χ1) is 17.5. The van der Waals surface area contributed by atoms with E-state index < -0.39 is 0 Å². The molecule has 3 heterocycles. The molecule has 1 saturated heterocycles. The second-order valence-corrected chi connectivity index (χ2v) is 10.6. The highest BCUT2D eigenvalue weighted by atomic mass is 16.5. The number of nitrogens with zero attached hydrogens (tertiary/aromatic N) is 5. The third-order valence-corrected chi connectivity index (χ3v) is 7.74. The first kappa shape index (κ1) is 24.9. The molecule has 5 rings (SSSR count). The molecule has 1 saturated carbocycles. The molecule has 0 radical (unpaired) electrons. The molecule has 2 unspecified atom stereocenters. The summed E-state index contributed by atoms with van der Waals surface area (Å²) in [4.78, 5) is 18.8. The smallest absolute Gasteiger partial charge is 0.252 e. The van der Waals surface area contributed by atoms with E-state index in [2.05, 4.69) is 39.3 Å². The highest BCUT2D eigenvalue weighted by molar-refractivity contribution is 5.80. The van der Waals surface area contributed by atoms with Crippen molar-refractivity contribution in [2.75, 3.05) is 13.7 Å². The predicted molar refractivity (Wildman–Crippen MR) is 138 cm³/mol. The van der Waals surface area contributed by atoms with Crippen LogP contribution in [0.4, 0.5) is 0 Å². The van der Waals surface area contributed by atoms with Gasteiger partial charge in [0.25, 0.3) is 5.56 Å². The molecule has 2 aromatic heterocycles. The Bertz CT molecular complexity index is 1210. The molecule has 2 fully saturated rings. The average molecular weight is 495 g/mol. The molecule has 194 valence electrons. The molecule has 9 heteroatoms. The molecular weight excluding hydrogens is 456 g/mol. The lowest BCUT2D eigenvalue weighted by Gasteiger charge is -2.41. The summed E-state index contributed by atoms with van der Waals surface area (Å²) in [6, 6.07) is 8.12. The van der Waals surface area contributed by atoms with Crippen LogP contribution in [0.2, 0.25) is 0 Å². The number of hydrogen-bond acceptors (Lipinski definition) is 7. The van der Waals surface area contributed by atoms with Crippen molar-refractivity contribution in [1.29, 1.82) is 0 Å². The van der Waals surface area contributed by atoms with Crippen molar-refractivity contribution in [3.63, 3.8) is 0 Å². The summed E-state index contributed by atoms with van der Waals surface area (Å²) in [5.74, 6) is 1.91. The number of methoxy groups -OCH3 is 1. The van der Waals surface area contributed by atoms with E-state index in [4.69, 9.17) is 9.47 Å². The highest BCUT2D eigenvalue weighted by Crippen LogP contribution is 2.35. The minimum atomic E-state index is -0.0464. The van der Waals surface area contributed by atoms with Crippen LogP contribution >= 0.6 is 0 Å². The monoisotopic (exact) mass is 494 g/mol. The van der Waals surface area contributed by atoms with Gasteiger partial charge >= 0.3 is 0 Å². The Morgan fingerprint density at radius 1 is 1.17 bits per heavy atom. The lowest BCUT2D eigenvalue weighted by atomic mass is 9.90. The Labute approximate surface area is 212 Å². The fourth-order valence-electron chi connectivity index (χ4n) is 5.90. The van der Waals surface area contributed by atoms with E-state index in [9.17, 15) is 4.79 Å². The number of H-pyrrole nitrogens is 1. The molecule has 1 N–H and O–H groups in total. The van der Waals surface area contributed by atoms with Crippen molar-refractivity contribution in [3.8, 4) is 5.75 Å². The van der Waals surface area contributed by atoms with Gasteiger partial charge < -0.3 is 14.5 Å². The number of nitrogens with one attached hydrogen (secondary N) is 1. The fraction of sp³-hybridized carbons (Fsp3) is 0.630. The lowest BCUT2D eigenvalue weighted by Crippen LogP contribution is -2.43. The van der Waals surface area contributed by atoms with Crippen molar-refractivity contribution in [3.05, 3.63) is 46.0 Å². The summed E-state index contributed by atoms with van der Waals surface area (Å²) >= 11 is 0. The second kappa shape index (κ2) is 11.1. The van der Waals surface area contributed by atoms with Crippen molar-refractivity contribution >= 4 is 10.9 Å². The molecule has 0 bridgehead atoms. The van der Waals surface area contributed by atoms with Gasteiger partial charge in [-0.2, -0.15) is 0 Å². The van der Waals surface area contributed by atoms with Crippen LogP contribution < -0.4 is 10.3 Å². The van der Waals surface area contributed by atoms with Crippen molar-refractivity contribution in [2.24, 2.45) is 5.92 Å². The van der Waals surface area contributed by atoms with Crippen LogP contribution in [0, 0.1) is 5.92 Å². The van der Waals surface area contributed by atoms with Gasteiger partial charge in [-0.25, -0.2) is 4.68 Å². The van der Waals surface area contributed by atoms with Gasteiger partial charge in [0.1, 0.15) is 5.75 Å². The number of benzene rings is 1. The van der Waals surface area contributed by atoms with Gasteiger partial charge in [0, 0.05) is 35.7 Å². The first-order valence-electron chi connectivity index (χ1n) is 13.4. The molecule has 2 aliphatic rings. The number of ether oxygens (including phenoxy) is 2. The zero-order chi connectivity index (χ0) is 25.1. The van der Waals surface area contributed by atoms with Crippen LogP contribution in [0.25, 0.3) is 10.9 Å². The van der Waals surface area contributed by atoms with Gasteiger partial charge in [-0.05, 0) is 66.3 Å². The maximum atomic E-state index is 13.2. The van der Waals surface area contributed by atoms with Crippen LogP contribution in [0.15, 0.2) is 29.1 Å². The summed E-state index contributed by atoms with van der Waals surface area (Å²) in [6.45, 7) is 6.46. The van der Waals surface area contributed by atoms with E-state index in [1.54, 1.807) is 7.11 Å². The summed E-state index contributed by atoms with van der Waals surface area (Å²) in [5.41, 5.74) is 1.52. The molecule has 0 amide bonds. The molecular formula is C27H38N6O3. The highest BCUT2D eigenvalue weighted by Gasteiger charge is 2.35. The number of aromatic nitrogens is 5. The second-order valence-electron chi connectivity index (χ2n) is 10.6. The van der Waals surface area contributed by atoms with E-state index in [0.29, 0.717) is 19.1 Å². The van der Waals surface area contributed by atoms with Gasteiger partial charge in [0.05, 0.1) is 25.8 Å². The Morgan fingerprint density at radius 3 is 2.72 bits per heavy atom. The van der Waals surface area contributed by atoms with Crippen LogP contribution in [-0.2, 0) is 17.8 Å². The zero-order valence-electron chi connectivity index (χ0n) is 21.7. The standard InChI is InChI=1S/C27H38N6O3/c1-18(2)25(26-29-30-31-33(26)17-23-10-7-13-36-23)32(21-8-5-4-6-9-21)16-20-14-19-15-22(35-3)11-12-24(19)28-27(20)34/h11-12,14-15,18,21,23,25H,4-10,13,16-17H2,1-3H3,(H,28,34). The predicted octanol–water partition coefficient (Wildman–Crippen LogP) is 4.23.